The third kappa shape index (κ3) is 4.51. The van der Waals surface area contributed by atoms with E-state index in [9.17, 15) is 19.7 Å². The zero-order valence-electron chi connectivity index (χ0n) is 13.0. The number of non-ortho nitro benzene ring substituents is 1. The zero-order valence-corrected chi connectivity index (χ0v) is 13.8. The first-order chi connectivity index (χ1) is 10.7. The number of esters is 1. The van der Waals surface area contributed by atoms with Crippen molar-refractivity contribution in [2.75, 3.05) is 21.2 Å². The Morgan fingerprint density at radius 1 is 1.35 bits per heavy atom. The maximum atomic E-state index is 12.6. The highest BCUT2D eigenvalue weighted by Crippen LogP contribution is 2.25. The molecule has 1 aromatic carbocycles. The van der Waals surface area contributed by atoms with E-state index in [1.54, 1.807) is 14.1 Å². The van der Waals surface area contributed by atoms with E-state index in [2.05, 4.69) is 10.2 Å². The lowest BCUT2D eigenvalue weighted by molar-refractivity contribution is -0.384. The number of methoxy groups -OCH3 is 1. The molecule has 0 fully saturated rings. The normalized spacial score (nSPS) is 11.7. The maximum absolute atomic E-state index is 12.6. The molecule has 0 aliphatic carbocycles. The van der Waals surface area contributed by atoms with Crippen molar-refractivity contribution < 1.29 is 19.2 Å². The highest BCUT2D eigenvalue weighted by atomic mass is 35.5. The summed E-state index contributed by atoms with van der Waals surface area (Å²) in [6, 6.07) is 3.43. The fraction of sp³-hybridized carbons (Fsp3) is 0.286. The molecule has 0 aromatic heterocycles. The molecule has 0 aliphatic rings. The fourth-order valence-electron chi connectivity index (χ4n) is 1.84. The van der Waals surface area contributed by atoms with Gasteiger partial charge in [0.05, 0.1) is 17.1 Å². The van der Waals surface area contributed by atoms with E-state index in [0.29, 0.717) is 0 Å². The first-order valence-electron chi connectivity index (χ1n) is 6.40. The summed E-state index contributed by atoms with van der Waals surface area (Å²) in [4.78, 5) is 34.8. The Hall–Kier alpha value is -2.45. The van der Waals surface area contributed by atoms with Gasteiger partial charge in [0, 0.05) is 37.5 Å². The molecule has 0 saturated heterocycles. The van der Waals surface area contributed by atoms with Crippen LogP contribution in [0.2, 0.25) is 5.02 Å². The van der Waals surface area contributed by atoms with Crippen LogP contribution < -0.4 is 5.43 Å². The van der Waals surface area contributed by atoms with Gasteiger partial charge in [-0.2, -0.15) is 0 Å². The molecule has 23 heavy (non-hydrogen) atoms. The van der Waals surface area contributed by atoms with Gasteiger partial charge >= 0.3 is 5.97 Å². The summed E-state index contributed by atoms with van der Waals surface area (Å²) in [5.41, 5.74) is 2.27. The summed E-state index contributed by atoms with van der Waals surface area (Å²) in [5.74, 6) is -1.64. The number of rotatable bonds is 6. The van der Waals surface area contributed by atoms with E-state index in [-0.39, 0.29) is 27.5 Å². The van der Waals surface area contributed by atoms with E-state index < -0.39 is 16.7 Å². The van der Waals surface area contributed by atoms with Crippen molar-refractivity contribution in [2.24, 2.45) is 0 Å². The number of nitro groups is 1. The summed E-state index contributed by atoms with van der Waals surface area (Å²) in [6.45, 7) is 1.51. The molecule has 124 valence electrons. The number of Topliss-reactive ketones (excluding diaryl/α,β-unsaturated/α-hetero) is 1. The molecule has 9 heteroatoms. The van der Waals surface area contributed by atoms with Gasteiger partial charge in [-0.1, -0.05) is 11.6 Å². The quantitative estimate of drug-likeness (QED) is 0.160. The summed E-state index contributed by atoms with van der Waals surface area (Å²) in [6.07, 6.45) is 0. The average molecular weight is 342 g/mol. The molecule has 0 spiro atoms. The van der Waals surface area contributed by atoms with Crippen molar-refractivity contribution in [1.82, 2.24) is 10.4 Å². The predicted octanol–water partition coefficient (Wildman–Crippen LogP) is 1.94. The van der Waals surface area contributed by atoms with Crippen LogP contribution in [0.25, 0.3) is 0 Å². The summed E-state index contributed by atoms with van der Waals surface area (Å²) >= 11 is 5.95. The smallest absolute Gasteiger partial charge is 0.343 e. The van der Waals surface area contributed by atoms with Gasteiger partial charge in [0.25, 0.3) is 5.69 Å². The number of carbonyl (C=O) groups excluding carboxylic acids is 2. The Morgan fingerprint density at radius 3 is 2.43 bits per heavy atom. The molecule has 1 N–H and O–H groups in total. The van der Waals surface area contributed by atoms with Gasteiger partial charge < -0.3 is 10.2 Å². The number of benzene rings is 1. The van der Waals surface area contributed by atoms with Crippen LogP contribution in [-0.2, 0) is 9.53 Å². The van der Waals surface area contributed by atoms with Gasteiger partial charge in [-0.15, -0.1) is 0 Å². The standard InChI is InChI=1S/C14H16ClN3O5/c1-8(16-17(2)3)12(14(20)23-4)13(19)10-7-9(18(21)22)5-6-11(10)15/h5-7,16H,1-4H3. The van der Waals surface area contributed by atoms with Gasteiger partial charge in [-0.3, -0.25) is 14.9 Å². The second-order valence-electron chi connectivity index (χ2n) is 4.75. The van der Waals surface area contributed by atoms with Crippen LogP contribution in [0.4, 0.5) is 5.69 Å². The predicted molar refractivity (Wildman–Crippen MR) is 84.0 cm³/mol. The van der Waals surface area contributed by atoms with Gasteiger partial charge in [0.15, 0.2) is 0 Å². The summed E-state index contributed by atoms with van der Waals surface area (Å²) < 4.78 is 4.62. The number of nitrogens with one attached hydrogen (secondary N) is 1. The number of ketones is 1. The van der Waals surface area contributed by atoms with Crippen molar-refractivity contribution in [3.05, 3.63) is 50.2 Å². The number of halogens is 1. The molecule has 0 saturated carbocycles. The number of hydrazine groups is 1. The highest BCUT2D eigenvalue weighted by Gasteiger charge is 2.27. The lowest BCUT2D eigenvalue weighted by atomic mass is 10.0. The van der Waals surface area contributed by atoms with Crippen LogP contribution in [0.5, 0.6) is 0 Å². The first kappa shape index (κ1) is 18.6. The molecule has 0 radical (unpaired) electrons. The minimum absolute atomic E-state index is 0.000318. The molecule has 1 aromatic rings. The Morgan fingerprint density at radius 2 is 1.96 bits per heavy atom. The van der Waals surface area contributed by atoms with Crippen LogP contribution >= 0.6 is 11.6 Å². The van der Waals surface area contributed by atoms with Gasteiger partial charge in [0.1, 0.15) is 5.57 Å². The van der Waals surface area contributed by atoms with E-state index in [1.165, 1.54) is 24.1 Å². The number of hydrogen-bond donors (Lipinski definition) is 1. The Labute approximate surface area is 137 Å². The van der Waals surface area contributed by atoms with Crippen LogP contribution in [-0.4, -0.2) is 42.9 Å². The van der Waals surface area contributed by atoms with Crippen molar-refractivity contribution in [2.45, 2.75) is 6.92 Å². The van der Waals surface area contributed by atoms with E-state index in [1.807, 2.05) is 0 Å². The van der Waals surface area contributed by atoms with Gasteiger partial charge in [0.2, 0.25) is 5.78 Å². The van der Waals surface area contributed by atoms with Crippen molar-refractivity contribution in [3.63, 3.8) is 0 Å². The molecule has 8 nitrogen and oxygen atoms in total. The van der Waals surface area contributed by atoms with Crippen LogP contribution in [0.15, 0.2) is 29.5 Å². The number of ether oxygens (including phenoxy) is 1. The summed E-state index contributed by atoms with van der Waals surface area (Å²) in [5, 5.41) is 12.4. The number of nitro benzene ring substituents is 1. The van der Waals surface area contributed by atoms with E-state index >= 15 is 0 Å². The molecular formula is C14H16ClN3O5. The minimum atomic E-state index is -0.871. The van der Waals surface area contributed by atoms with Crippen molar-refractivity contribution in [1.29, 1.82) is 0 Å². The van der Waals surface area contributed by atoms with Gasteiger partial charge in [-0.25, -0.2) is 9.80 Å². The Kier molecular flexibility index (Phi) is 6.23. The first-order valence-corrected chi connectivity index (χ1v) is 6.78. The largest absolute Gasteiger partial charge is 0.465 e. The third-order valence-electron chi connectivity index (χ3n) is 2.79. The van der Waals surface area contributed by atoms with Gasteiger partial charge in [-0.05, 0) is 13.0 Å². The van der Waals surface area contributed by atoms with E-state index in [0.717, 1.165) is 13.2 Å². The minimum Gasteiger partial charge on any atom is -0.465 e. The second kappa shape index (κ2) is 7.70. The lowest BCUT2D eigenvalue weighted by Gasteiger charge is -2.17. The second-order valence-corrected chi connectivity index (χ2v) is 5.16. The molecule has 0 bridgehead atoms. The average Bonchev–Trinajstić information content (AvgIpc) is 2.46. The molecular weight excluding hydrogens is 326 g/mol. The van der Waals surface area contributed by atoms with Crippen molar-refractivity contribution in [3.8, 4) is 0 Å². The Balaban J connectivity index is 3.44. The molecule has 0 atom stereocenters. The highest BCUT2D eigenvalue weighted by molar-refractivity contribution is 6.37. The number of allylic oxidation sites excluding steroid dienone is 1. The zero-order chi connectivity index (χ0) is 17.7. The van der Waals surface area contributed by atoms with E-state index in [4.69, 9.17) is 11.6 Å². The topological polar surface area (TPSA) is 102 Å². The third-order valence-corrected chi connectivity index (χ3v) is 3.12. The summed E-state index contributed by atoms with van der Waals surface area (Å²) in [7, 11) is 4.47. The monoisotopic (exact) mass is 341 g/mol. The lowest BCUT2D eigenvalue weighted by Crippen LogP contribution is -2.32. The molecule has 1 rings (SSSR count). The van der Waals surface area contributed by atoms with Crippen LogP contribution in [0.1, 0.15) is 17.3 Å². The molecule has 0 unspecified atom stereocenters. The number of carbonyl (C=O) groups is 2. The number of nitrogens with zero attached hydrogens (tertiary/aromatic N) is 2. The van der Waals surface area contributed by atoms with Crippen LogP contribution in [0.3, 0.4) is 0 Å². The maximum Gasteiger partial charge on any atom is 0.343 e. The molecule has 0 amide bonds. The fourth-order valence-corrected chi connectivity index (χ4v) is 2.05. The molecule has 0 heterocycles. The SMILES string of the molecule is COC(=O)C(C(=O)c1cc([N+](=O)[O-])ccc1Cl)=C(C)NN(C)C. The number of hydrogen-bond acceptors (Lipinski definition) is 7. The van der Waals surface area contributed by atoms with Crippen LogP contribution in [0, 0.1) is 10.1 Å². The van der Waals surface area contributed by atoms with Crippen molar-refractivity contribution >= 4 is 29.0 Å². The molecule has 0 aliphatic heterocycles. The Bertz CT molecular complexity index is 685.